The van der Waals surface area contributed by atoms with Gasteiger partial charge in [0, 0.05) is 11.3 Å². The van der Waals surface area contributed by atoms with Crippen molar-refractivity contribution in [2.45, 2.75) is 24.9 Å². The Morgan fingerprint density at radius 3 is 2.91 bits per heavy atom. The molecule has 6 nitrogen and oxygen atoms in total. The molecule has 0 radical (unpaired) electrons. The minimum Gasteiger partial charge on any atom is -0.544 e. The minimum atomic E-state index is -1.27. The van der Waals surface area contributed by atoms with E-state index in [0.29, 0.717) is 16.5 Å². The van der Waals surface area contributed by atoms with Gasteiger partial charge >= 0.3 is 0 Å². The first kappa shape index (κ1) is 17.6. The number of hydrogen-bond acceptors (Lipinski definition) is 6. The molecule has 1 heterocycles. The zero-order valence-corrected chi connectivity index (χ0v) is 15.0. The fourth-order valence-electron chi connectivity index (χ4n) is 1.82. The van der Waals surface area contributed by atoms with Gasteiger partial charge in [-0.05, 0) is 57.9 Å². The highest BCUT2D eigenvalue weighted by Crippen LogP contribution is 2.29. The van der Waals surface area contributed by atoms with Crippen LogP contribution in [-0.2, 0) is 11.2 Å². The number of thioether (sulfide) groups is 1. The molecule has 0 fully saturated rings. The molecule has 0 amide bonds. The largest absolute Gasteiger partial charge is 0.544 e. The van der Waals surface area contributed by atoms with Crippen LogP contribution >= 0.6 is 27.7 Å². The summed E-state index contributed by atoms with van der Waals surface area (Å²) in [4.78, 5) is 15.6. The first-order chi connectivity index (χ1) is 11.0. The Morgan fingerprint density at radius 1 is 1.52 bits per heavy atom. The lowest BCUT2D eigenvalue weighted by molar-refractivity contribution is -0.297. The first-order valence-electron chi connectivity index (χ1n) is 6.89. The molecule has 122 valence electrons. The van der Waals surface area contributed by atoms with Crippen molar-refractivity contribution in [2.75, 3.05) is 7.11 Å². The van der Waals surface area contributed by atoms with E-state index in [1.165, 1.54) is 6.08 Å². The number of rotatable bonds is 7. The van der Waals surface area contributed by atoms with E-state index in [-0.39, 0.29) is 4.91 Å². The maximum Gasteiger partial charge on any atom is 0.213 e. The third-order valence-corrected chi connectivity index (χ3v) is 4.36. The van der Waals surface area contributed by atoms with Gasteiger partial charge in [-0.3, -0.25) is 5.10 Å². The van der Waals surface area contributed by atoms with Crippen LogP contribution in [0.1, 0.15) is 24.7 Å². The number of aromatic amines is 1. The van der Waals surface area contributed by atoms with Gasteiger partial charge < -0.3 is 14.6 Å². The summed E-state index contributed by atoms with van der Waals surface area (Å²) in [7, 11) is 1.56. The molecule has 0 aliphatic heterocycles. The average molecular weight is 397 g/mol. The number of aryl methyl sites for hydroxylation is 1. The highest BCUT2D eigenvalue weighted by molar-refractivity contribution is 9.10. The molecule has 0 aliphatic rings. The number of carbonyl (C=O) groups excluding carboxylic acids is 1. The second kappa shape index (κ2) is 8.16. The molecule has 0 saturated carbocycles. The molecule has 0 spiro atoms. The number of benzene rings is 1. The second-order valence-corrected chi connectivity index (χ2v) is 6.47. The van der Waals surface area contributed by atoms with Gasteiger partial charge in [-0.25, -0.2) is 4.98 Å². The van der Waals surface area contributed by atoms with Crippen LogP contribution in [0.2, 0.25) is 0 Å². The number of methoxy groups -OCH3 is 1. The third-order valence-electron chi connectivity index (χ3n) is 2.87. The van der Waals surface area contributed by atoms with Crippen LogP contribution in [0.3, 0.4) is 0 Å². The maximum absolute atomic E-state index is 11.3. The zero-order valence-electron chi connectivity index (χ0n) is 12.6. The average Bonchev–Trinajstić information content (AvgIpc) is 2.94. The molecule has 2 rings (SSSR count). The summed E-state index contributed by atoms with van der Waals surface area (Å²) >= 11 is 4.32. The Bertz CT molecular complexity index is 731. The summed E-state index contributed by atoms with van der Waals surface area (Å²) in [5.74, 6) is 0.131. The van der Waals surface area contributed by atoms with Crippen LogP contribution in [0.4, 0.5) is 0 Å². The Morgan fingerprint density at radius 2 is 2.30 bits per heavy atom. The van der Waals surface area contributed by atoms with E-state index in [9.17, 15) is 9.90 Å². The van der Waals surface area contributed by atoms with Gasteiger partial charge in [-0.1, -0.05) is 13.0 Å². The van der Waals surface area contributed by atoms with Crippen LogP contribution < -0.4 is 9.84 Å². The van der Waals surface area contributed by atoms with E-state index >= 15 is 0 Å². The predicted molar refractivity (Wildman–Crippen MR) is 89.9 cm³/mol. The molecule has 0 unspecified atom stereocenters. The monoisotopic (exact) mass is 396 g/mol. The predicted octanol–water partition coefficient (Wildman–Crippen LogP) is 2.41. The van der Waals surface area contributed by atoms with Crippen molar-refractivity contribution in [2.24, 2.45) is 0 Å². The number of H-pyrrole nitrogens is 1. The van der Waals surface area contributed by atoms with E-state index in [0.717, 1.165) is 34.9 Å². The number of ether oxygens (including phenoxy) is 1. The Labute approximate surface area is 146 Å². The van der Waals surface area contributed by atoms with Crippen molar-refractivity contribution in [1.29, 1.82) is 0 Å². The Hall–Kier alpha value is -1.80. The summed E-state index contributed by atoms with van der Waals surface area (Å²) in [5.41, 5.74) is 0.702. The number of carboxylic acids is 1. The minimum absolute atomic E-state index is 0.0316. The lowest BCUT2D eigenvalue weighted by atomic mass is 10.2. The number of aliphatic carboxylic acids is 1. The third kappa shape index (κ3) is 4.84. The van der Waals surface area contributed by atoms with Gasteiger partial charge in [0.05, 0.1) is 17.6 Å². The number of halogens is 1. The number of nitrogens with zero attached hydrogens (tertiary/aromatic N) is 2. The molecule has 0 bridgehead atoms. The lowest BCUT2D eigenvalue weighted by Gasteiger charge is -2.07. The van der Waals surface area contributed by atoms with Crippen LogP contribution in [0.15, 0.2) is 32.7 Å². The quantitative estimate of drug-likeness (QED) is 0.570. The summed E-state index contributed by atoms with van der Waals surface area (Å²) < 4.78 is 5.88. The maximum atomic E-state index is 11.3. The van der Waals surface area contributed by atoms with Crippen LogP contribution in [0.25, 0.3) is 6.08 Å². The normalized spacial score (nSPS) is 11.5. The topological polar surface area (TPSA) is 90.9 Å². The molecular weight excluding hydrogens is 382 g/mol. The molecule has 2 aromatic rings. The molecule has 0 atom stereocenters. The van der Waals surface area contributed by atoms with Gasteiger partial charge in [0.1, 0.15) is 11.6 Å². The van der Waals surface area contributed by atoms with Crippen LogP contribution in [0.5, 0.6) is 5.75 Å². The van der Waals surface area contributed by atoms with E-state index in [1.54, 1.807) is 25.3 Å². The molecule has 8 heteroatoms. The number of nitrogens with one attached hydrogen (secondary N) is 1. The number of carboxylic acid groups (broad SMARTS) is 1. The molecule has 0 saturated heterocycles. The van der Waals surface area contributed by atoms with Crippen LogP contribution in [-0.4, -0.2) is 28.3 Å². The first-order valence-corrected chi connectivity index (χ1v) is 8.50. The highest BCUT2D eigenvalue weighted by Gasteiger charge is 2.09. The zero-order chi connectivity index (χ0) is 16.8. The van der Waals surface area contributed by atoms with Crippen molar-refractivity contribution in [3.8, 4) is 5.75 Å². The Kier molecular flexibility index (Phi) is 6.23. The van der Waals surface area contributed by atoms with Crippen molar-refractivity contribution < 1.29 is 14.6 Å². The summed E-state index contributed by atoms with van der Waals surface area (Å²) in [6.07, 6.45) is 3.21. The fourth-order valence-corrected chi connectivity index (χ4v) is 3.10. The van der Waals surface area contributed by atoms with Gasteiger partial charge in [0.25, 0.3) is 0 Å². The smallest absolute Gasteiger partial charge is 0.213 e. The van der Waals surface area contributed by atoms with Gasteiger partial charge in [-0.2, -0.15) is 0 Å². The van der Waals surface area contributed by atoms with Crippen molar-refractivity contribution >= 4 is 39.7 Å². The van der Waals surface area contributed by atoms with Crippen molar-refractivity contribution in [1.82, 2.24) is 15.2 Å². The fraction of sp³-hybridized carbons (Fsp3) is 0.267. The van der Waals surface area contributed by atoms with Gasteiger partial charge in [0.15, 0.2) is 0 Å². The highest BCUT2D eigenvalue weighted by atomic mass is 79.9. The summed E-state index contributed by atoms with van der Waals surface area (Å²) in [5, 5.41) is 18.5. The van der Waals surface area contributed by atoms with E-state index in [1.807, 2.05) is 6.92 Å². The molecule has 23 heavy (non-hydrogen) atoms. The van der Waals surface area contributed by atoms with Gasteiger partial charge in [0.2, 0.25) is 5.16 Å². The second-order valence-electron chi connectivity index (χ2n) is 4.61. The number of carbonyl (C=O) groups is 1. The summed E-state index contributed by atoms with van der Waals surface area (Å²) in [6, 6.07) is 5.27. The lowest BCUT2D eigenvalue weighted by Crippen LogP contribution is -2.23. The van der Waals surface area contributed by atoms with Gasteiger partial charge in [-0.15, -0.1) is 5.10 Å². The van der Waals surface area contributed by atoms with E-state index < -0.39 is 5.97 Å². The van der Waals surface area contributed by atoms with Crippen molar-refractivity contribution in [3.05, 3.63) is 39.0 Å². The summed E-state index contributed by atoms with van der Waals surface area (Å²) in [6.45, 7) is 2.03. The molecule has 1 N–H and O–H groups in total. The number of hydrogen-bond donors (Lipinski definition) is 1. The standard InChI is InChI=1S/C15H16BrN3O3S/c1-3-4-13-17-15(19-18-13)23-12(14(20)21)8-9-5-6-11(22-2)10(16)7-9/h5-8H,3-4H2,1-2H3,(H,20,21)(H,17,18,19)/p-1/b12-8-. The van der Waals surface area contributed by atoms with Crippen molar-refractivity contribution in [3.63, 3.8) is 0 Å². The van der Waals surface area contributed by atoms with Crippen LogP contribution in [0, 0.1) is 0 Å². The SMILES string of the molecule is CCCc1nc(S/C(=C\c2ccc(OC)c(Br)c2)C(=O)[O-])n[nH]1. The van der Waals surface area contributed by atoms with E-state index in [2.05, 4.69) is 31.1 Å². The molecule has 0 aliphatic carbocycles. The van der Waals surface area contributed by atoms with E-state index in [4.69, 9.17) is 4.74 Å². The Balaban J connectivity index is 2.23. The molecule has 1 aromatic carbocycles. The molecular formula is C15H15BrN3O3S-. The molecule has 1 aromatic heterocycles. The number of aromatic nitrogens is 3.